The number of rotatable bonds is 2. The lowest BCUT2D eigenvalue weighted by Crippen LogP contribution is -2.50. The van der Waals surface area contributed by atoms with E-state index in [2.05, 4.69) is 17.6 Å². The Bertz CT molecular complexity index is 249. The first-order valence-electron chi connectivity index (χ1n) is 6.30. The van der Waals surface area contributed by atoms with Crippen LogP contribution in [0.25, 0.3) is 0 Å². The smallest absolute Gasteiger partial charge is 0.225 e. The number of ether oxygens (including phenoxy) is 1. The zero-order valence-electron chi connectivity index (χ0n) is 10.2. The highest BCUT2D eigenvalue weighted by Crippen LogP contribution is 2.19. The van der Waals surface area contributed by atoms with Crippen molar-refractivity contribution in [3.63, 3.8) is 0 Å². The van der Waals surface area contributed by atoms with E-state index in [1.54, 1.807) is 0 Å². The quantitative estimate of drug-likeness (QED) is 0.727. The molecule has 0 aromatic rings. The van der Waals surface area contributed by atoms with Crippen molar-refractivity contribution in [3.05, 3.63) is 0 Å². The first kappa shape index (κ1) is 11.9. The second kappa shape index (κ2) is 5.15. The van der Waals surface area contributed by atoms with E-state index >= 15 is 0 Å². The van der Waals surface area contributed by atoms with Crippen LogP contribution in [0.4, 0.5) is 0 Å². The van der Waals surface area contributed by atoms with Crippen molar-refractivity contribution < 1.29 is 9.53 Å². The molecule has 0 spiro atoms. The van der Waals surface area contributed by atoms with Crippen molar-refractivity contribution in [1.29, 1.82) is 0 Å². The lowest BCUT2D eigenvalue weighted by atomic mass is 10.00. The van der Waals surface area contributed by atoms with Gasteiger partial charge < -0.3 is 15.4 Å². The number of piperidine rings is 1. The van der Waals surface area contributed by atoms with Crippen LogP contribution >= 0.6 is 0 Å². The average Bonchev–Trinajstić information content (AvgIpc) is 2.68. The number of hydrogen-bond acceptors (Lipinski definition) is 3. The largest absolute Gasteiger partial charge is 0.378 e. The van der Waals surface area contributed by atoms with Gasteiger partial charge in [-0.1, -0.05) is 0 Å². The van der Waals surface area contributed by atoms with Crippen molar-refractivity contribution in [2.24, 2.45) is 5.92 Å². The summed E-state index contributed by atoms with van der Waals surface area (Å²) in [4.78, 5) is 11.9. The van der Waals surface area contributed by atoms with Gasteiger partial charge >= 0.3 is 0 Å². The molecule has 4 unspecified atom stereocenters. The van der Waals surface area contributed by atoms with Crippen LogP contribution in [0.15, 0.2) is 0 Å². The predicted molar refractivity (Wildman–Crippen MR) is 62.2 cm³/mol. The molecule has 0 aromatic carbocycles. The van der Waals surface area contributed by atoms with Gasteiger partial charge in [0.15, 0.2) is 0 Å². The molecule has 2 aliphatic heterocycles. The van der Waals surface area contributed by atoms with Crippen LogP contribution in [-0.4, -0.2) is 37.2 Å². The van der Waals surface area contributed by atoms with Gasteiger partial charge in [-0.05, 0) is 33.1 Å². The fourth-order valence-electron chi connectivity index (χ4n) is 2.44. The van der Waals surface area contributed by atoms with Gasteiger partial charge in [-0.15, -0.1) is 0 Å². The van der Waals surface area contributed by atoms with Crippen LogP contribution < -0.4 is 10.6 Å². The molecule has 92 valence electrons. The summed E-state index contributed by atoms with van der Waals surface area (Å²) in [7, 11) is 0. The van der Waals surface area contributed by atoms with Crippen LogP contribution in [0, 0.1) is 5.92 Å². The van der Waals surface area contributed by atoms with E-state index in [0.717, 1.165) is 25.8 Å². The molecule has 1 amide bonds. The summed E-state index contributed by atoms with van der Waals surface area (Å²) in [6.07, 6.45) is 3.33. The van der Waals surface area contributed by atoms with E-state index in [9.17, 15) is 4.79 Å². The summed E-state index contributed by atoms with van der Waals surface area (Å²) in [6, 6.07) is 0.891. The van der Waals surface area contributed by atoms with Gasteiger partial charge in [0.2, 0.25) is 5.91 Å². The Morgan fingerprint density at radius 1 is 1.38 bits per heavy atom. The number of nitrogens with one attached hydrogen (secondary N) is 2. The van der Waals surface area contributed by atoms with Gasteiger partial charge in [-0.25, -0.2) is 0 Å². The Labute approximate surface area is 97.1 Å². The normalized spacial score (nSPS) is 39.6. The van der Waals surface area contributed by atoms with Gasteiger partial charge in [0, 0.05) is 18.6 Å². The summed E-state index contributed by atoms with van der Waals surface area (Å²) in [6.45, 7) is 5.70. The van der Waals surface area contributed by atoms with E-state index in [1.165, 1.54) is 0 Å². The fraction of sp³-hybridized carbons (Fsp3) is 0.917. The predicted octanol–water partition coefficient (Wildman–Crippen LogP) is 0.668. The molecule has 2 saturated heterocycles. The fourth-order valence-corrected chi connectivity index (χ4v) is 2.44. The molecule has 2 heterocycles. The summed E-state index contributed by atoms with van der Waals surface area (Å²) >= 11 is 0. The van der Waals surface area contributed by atoms with Crippen molar-refractivity contribution in [2.45, 2.75) is 51.3 Å². The van der Waals surface area contributed by atoms with Crippen molar-refractivity contribution in [1.82, 2.24) is 10.6 Å². The summed E-state index contributed by atoms with van der Waals surface area (Å²) < 4.78 is 5.42. The van der Waals surface area contributed by atoms with Crippen LogP contribution in [0.1, 0.15) is 33.1 Å². The maximum absolute atomic E-state index is 11.9. The minimum Gasteiger partial charge on any atom is -0.378 e. The lowest BCUT2D eigenvalue weighted by Gasteiger charge is -2.29. The summed E-state index contributed by atoms with van der Waals surface area (Å²) in [5, 5.41) is 6.51. The summed E-state index contributed by atoms with van der Waals surface area (Å²) in [5.74, 6) is 0.236. The molecule has 0 saturated carbocycles. The molecule has 2 aliphatic rings. The molecular weight excluding hydrogens is 204 g/mol. The average molecular weight is 226 g/mol. The standard InChI is InChI=1S/C12H22N2O2/c1-8-3-4-11(6-13-8)14-12(15)10-5-9(2)16-7-10/h8-11,13H,3-7H2,1-2H3,(H,14,15). The highest BCUT2D eigenvalue weighted by Gasteiger charge is 2.30. The molecular formula is C12H22N2O2. The van der Waals surface area contributed by atoms with Gasteiger partial charge in [0.1, 0.15) is 0 Å². The Morgan fingerprint density at radius 2 is 2.19 bits per heavy atom. The van der Waals surface area contributed by atoms with E-state index < -0.39 is 0 Å². The Balaban J connectivity index is 1.75. The highest BCUT2D eigenvalue weighted by atomic mass is 16.5. The van der Waals surface area contributed by atoms with Gasteiger partial charge in [-0.2, -0.15) is 0 Å². The molecule has 2 fully saturated rings. The third-order valence-electron chi connectivity index (χ3n) is 3.58. The molecule has 0 radical (unpaired) electrons. The van der Waals surface area contributed by atoms with Crippen LogP contribution in [0.2, 0.25) is 0 Å². The molecule has 2 rings (SSSR count). The van der Waals surface area contributed by atoms with Crippen LogP contribution in [-0.2, 0) is 9.53 Å². The third-order valence-corrected chi connectivity index (χ3v) is 3.58. The van der Waals surface area contributed by atoms with E-state index in [1.807, 2.05) is 6.92 Å². The second-order valence-electron chi connectivity index (χ2n) is 5.17. The first-order valence-corrected chi connectivity index (χ1v) is 6.30. The number of carbonyl (C=O) groups is 1. The van der Waals surface area contributed by atoms with Crippen LogP contribution in [0.5, 0.6) is 0 Å². The molecule has 16 heavy (non-hydrogen) atoms. The minimum absolute atomic E-state index is 0.0642. The van der Waals surface area contributed by atoms with Gasteiger partial charge in [0.05, 0.1) is 18.6 Å². The molecule has 4 heteroatoms. The van der Waals surface area contributed by atoms with Gasteiger partial charge in [0.25, 0.3) is 0 Å². The molecule has 0 aliphatic carbocycles. The number of amides is 1. The van der Waals surface area contributed by atoms with Crippen LogP contribution in [0.3, 0.4) is 0 Å². The first-order chi connectivity index (χ1) is 7.65. The zero-order chi connectivity index (χ0) is 11.5. The SMILES string of the molecule is CC1CCC(NC(=O)C2COC(C)C2)CN1. The molecule has 2 N–H and O–H groups in total. The zero-order valence-corrected chi connectivity index (χ0v) is 10.2. The van der Waals surface area contributed by atoms with Crippen molar-refractivity contribution >= 4 is 5.91 Å². The van der Waals surface area contributed by atoms with Gasteiger partial charge in [-0.3, -0.25) is 4.79 Å². The maximum atomic E-state index is 11.9. The lowest BCUT2D eigenvalue weighted by molar-refractivity contribution is -0.125. The third kappa shape index (κ3) is 2.95. The van der Waals surface area contributed by atoms with Crippen molar-refractivity contribution in [3.8, 4) is 0 Å². The topological polar surface area (TPSA) is 50.4 Å². The molecule has 4 atom stereocenters. The molecule has 0 aromatic heterocycles. The Hall–Kier alpha value is -0.610. The minimum atomic E-state index is 0.0642. The van der Waals surface area contributed by atoms with E-state index in [4.69, 9.17) is 4.74 Å². The second-order valence-corrected chi connectivity index (χ2v) is 5.17. The molecule has 0 bridgehead atoms. The maximum Gasteiger partial charge on any atom is 0.225 e. The summed E-state index contributed by atoms with van der Waals surface area (Å²) in [5.41, 5.74) is 0. The van der Waals surface area contributed by atoms with Crippen molar-refractivity contribution in [2.75, 3.05) is 13.2 Å². The monoisotopic (exact) mass is 226 g/mol. The highest BCUT2D eigenvalue weighted by molar-refractivity contribution is 5.79. The molecule has 4 nitrogen and oxygen atoms in total. The number of carbonyl (C=O) groups excluding carboxylic acids is 1. The Morgan fingerprint density at radius 3 is 2.75 bits per heavy atom. The van der Waals surface area contributed by atoms with E-state index in [0.29, 0.717) is 18.7 Å². The number of hydrogen-bond donors (Lipinski definition) is 2. The van der Waals surface area contributed by atoms with E-state index in [-0.39, 0.29) is 17.9 Å². The Kier molecular flexibility index (Phi) is 3.82.